The summed E-state index contributed by atoms with van der Waals surface area (Å²) < 4.78 is 26.6. The van der Waals surface area contributed by atoms with Crippen LogP contribution in [0.25, 0.3) is 0 Å². The zero-order valence-electron chi connectivity index (χ0n) is 11.6. The van der Waals surface area contributed by atoms with Gasteiger partial charge in [-0.1, -0.05) is 29.9 Å². The summed E-state index contributed by atoms with van der Waals surface area (Å²) in [7, 11) is -3.66. The van der Waals surface area contributed by atoms with Gasteiger partial charge in [0.05, 0.1) is 5.69 Å². The van der Waals surface area contributed by atoms with E-state index in [0.717, 1.165) is 17.8 Å². The summed E-state index contributed by atoms with van der Waals surface area (Å²) in [5, 5.41) is 2.77. The molecule has 1 unspecified atom stereocenters. The van der Waals surface area contributed by atoms with Gasteiger partial charge in [-0.2, -0.15) is 0 Å². The van der Waals surface area contributed by atoms with Crippen molar-refractivity contribution in [1.29, 1.82) is 0 Å². The highest BCUT2D eigenvalue weighted by molar-refractivity contribution is 7.91. The van der Waals surface area contributed by atoms with Crippen LogP contribution in [0.15, 0.2) is 4.21 Å². The molecule has 1 atom stereocenters. The van der Waals surface area contributed by atoms with Gasteiger partial charge >= 0.3 is 0 Å². The van der Waals surface area contributed by atoms with E-state index in [9.17, 15) is 13.2 Å². The molecule has 9 heteroatoms. The Morgan fingerprint density at radius 3 is 2.65 bits per heavy atom. The maximum absolute atomic E-state index is 12.0. The molecular weight excluding hydrogens is 322 g/mol. The molecule has 0 aliphatic heterocycles. The summed E-state index contributed by atoms with van der Waals surface area (Å²) in [5.41, 5.74) is 0.358. The second-order valence-corrected chi connectivity index (χ2v) is 7.91. The van der Waals surface area contributed by atoms with E-state index in [1.807, 2.05) is 13.8 Å². The zero-order valence-corrected chi connectivity index (χ0v) is 14.0. The number of thiazole rings is 1. The van der Waals surface area contributed by atoms with Crippen molar-refractivity contribution < 1.29 is 13.2 Å². The normalized spacial score (nSPS) is 13.2. The Balaban J connectivity index is 2.53. The monoisotopic (exact) mass is 339 g/mol. The molecule has 1 heterocycles. The molecule has 1 rings (SSSR count). The first-order chi connectivity index (χ1) is 9.26. The van der Waals surface area contributed by atoms with Crippen LogP contribution in [0.5, 0.6) is 0 Å². The van der Waals surface area contributed by atoms with Crippen LogP contribution < -0.4 is 10.0 Å². The molecule has 6 nitrogen and oxygen atoms in total. The number of aryl methyl sites for hydroxylation is 1. The van der Waals surface area contributed by atoms with Crippen molar-refractivity contribution in [2.75, 3.05) is 6.54 Å². The third-order valence-electron chi connectivity index (χ3n) is 2.64. The number of nitrogens with zero attached hydrogens (tertiary/aromatic N) is 1. The molecule has 0 aliphatic carbocycles. The molecule has 114 valence electrons. The van der Waals surface area contributed by atoms with Crippen LogP contribution in [0, 0.1) is 6.92 Å². The van der Waals surface area contributed by atoms with Crippen molar-refractivity contribution in [3.05, 3.63) is 10.2 Å². The Morgan fingerprint density at radius 1 is 1.50 bits per heavy atom. The highest BCUT2D eigenvalue weighted by Crippen LogP contribution is 2.26. The number of carbonyl (C=O) groups excluding carboxylic acids is 1. The van der Waals surface area contributed by atoms with E-state index in [0.29, 0.717) is 5.69 Å². The molecule has 1 aromatic heterocycles. The first-order valence-electron chi connectivity index (χ1n) is 6.18. The summed E-state index contributed by atoms with van der Waals surface area (Å²) in [6, 6.07) is 0.0849. The largest absolute Gasteiger partial charge is 0.354 e. The van der Waals surface area contributed by atoms with Crippen LogP contribution in [-0.2, 0) is 14.8 Å². The summed E-state index contributed by atoms with van der Waals surface area (Å²) in [6.07, 6.45) is 0.922. The van der Waals surface area contributed by atoms with Crippen LogP contribution in [0.2, 0.25) is 4.47 Å². The SMILES string of the molecule is CCC(C)NC(=O)CCNS(=O)(=O)c1sc(Cl)nc1C. The fraction of sp³-hybridized carbons (Fsp3) is 0.636. The van der Waals surface area contributed by atoms with Crippen molar-refractivity contribution in [2.45, 2.75) is 43.9 Å². The predicted molar refractivity (Wildman–Crippen MR) is 79.6 cm³/mol. The lowest BCUT2D eigenvalue weighted by Gasteiger charge is -2.11. The summed E-state index contributed by atoms with van der Waals surface area (Å²) >= 11 is 6.58. The van der Waals surface area contributed by atoms with Gasteiger partial charge in [0, 0.05) is 19.0 Å². The van der Waals surface area contributed by atoms with Crippen LogP contribution >= 0.6 is 22.9 Å². The Kier molecular flexibility index (Phi) is 6.38. The fourth-order valence-corrected chi connectivity index (χ4v) is 4.23. The molecule has 0 saturated heterocycles. The molecule has 0 saturated carbocycles. The Bertz CT molecular complexity index is 571. The smallest absolute Gasteiger partial charge is 0.251 e. The molecule has 0 aromatic carbocycles. The van der Waals surface area contributed by atoms with Gasteiger partial charge in [-0.15, -0.1) is 0 Å². The van der Waals surface area contributed by atoms with Gasteiger partial charge in [-0.3, -0.25) is 4.79 Å². The van der Waals surface area contributed by atoms with Gasteiger partial charge in [0.15, 0.2) is 8.68 Å². The molecule has 1 aromatic rings. The number of hydrogen-bond acceptors (Lipinski definition) is 5. The van der Waals surface area contributed by atoms with Gasteiger partial charge in [-0.25, -0.2) is 18.1 Å². The predicted octanol–water partition coefficient (Wildman–Crippen LogP) is 1.69. The van der Waals surface area contributed by atoms with Crippen molar-refractivity contribution in [2.24, 2.45) is 0 Å². The number of amides is 1. The first kappa shape index (κ1) is 17.4. The average molecular weight is 340 g/mol. The molecule has 0 fully saturated rings. The molecule has 0 aliphatic rings. The molecule has 20 heavy (non-hydrogen) atoms. The Hall–Kier alpha value is -0.700. The second kappa shape index (κ2) is 7.35. The van der Waals surface area contributed by atoms with E-state index in [2.05, 4.69) is 15.0 Å². The van der Waals surface area contributed by atoms with Gasteiger partial charge < -0.3 is 5.32 Å². The van der Waals surface area contributed by atoms with E-state index in [1.54, 1.807) is 6.92 Å². The van der Waals surface area contributed by atoms with Gasteiger partial charge in [0.1, 0.15) is 0 Å². The molecular formula is C11H18ClN3O3S2. The highest BCUT2D eigenvalue weighted by atomic mass is 35.5. The van der Waals surface area contributed by atoms with Crippen molar-refractivity contribution in [1.82, 2.24) is 15.0 Å². The lowest BCUT2D eigenvalue weighted by Crippen LogP contribution is -2.35. The van der Waals surface area contributed by atoms with E-state index in [4.69, 9.17) is 11.6 Å². The topological polar surface area (TPSA) is 88.2 Å². The number of halogens is 1. The maximum Gasteiger partial charge on any atom is 0.251 e. The summed E-state index contributed by atoms with van der Waals surface area (Å²) in [5.74, 6) is -0.180. The average Bonchev–Trinajstić information content (AvgIpc) is 2.68. The van der Waals surface area contributed by atoms with E-state index in [-0.39, 0.29) is 33.6 Å². The minimum atomic E-state index is -3.66. The van der Waals surface area contributed by atoms with Gasteiger partial charge in [0.25, 0.3) is 10.0 Å². The molecule has 0 radical (unpaired) electrons. The zero-order chi connectivity index (χ0) is 15.3. The minimum absolute atomic E-state index is 0.0412. The third kappa shape index (κ3) is 5.01. The van der Waals surface area contributed by atoms with Crippen molar-refractivity contribution in [3.8, 4) is 0 Å². The van der Waals surface area contributed by atoms with Gasteiger partial charge in [-0.05, 0) is 20.3 Å². The van der Waals surface area contributed by atoms with E-state index in [1.165, 1.54) is 0 Å². The lowest BCUT2D eigenvalue weighted by atomic mass is 10.2. The fourth-order valence-electron chi connectivity index (χ4n) is 1.41. The van der Waals surface area contributed by atoms with E-state index >= 15 is 0 Å². The number of carbonyl (C=O) groups is 1. The molecule has 0 spiro atoms. The second-order valence-electron chi connectivity index (χ2n) is 4.36. The van der Waals surface area contributed by atoms with E-state index < -0.39 is 10.0 Å². The lowest BCUT2D eigenvalue weighted by molar-refractivity contribution is -0.121. The number of hydrogen-bond donors (Lipinski definition) is 2. The third-order valence-corrected chi connectivity index (χ3v) is 5.97. The van der Waals surface area contributed by atoms with Crippen LogP contribution in [0.4, 0.5) is 0 Å². The summed E-state index contributed by atoms with van der Waals surface area (Å²) in [4.78, 5) is 15.4. The van der Waals surface area contributed by atoms with Crippen LogP contribution in [0.1, 0.15) is 32.4 Å². The Morgan fingerprint density at radius 2 is 2.15 bits per heavy atom. The standard InChI is InChI=1S/C11H18ClN3O3S2/c1-4-7(2)14-9(16)5-6-13-20(17,18)10-8(3)15-11(12)19-10/h7,13H,4-6H2,1-3H3,(H,14,16). The summed E-state index contributed by atoms with van der Waals surface area (Å²) in [6.45, 7) is 5.47. The number of sulfonamides is 1. The molecule has 2 N–H and O–H groups in total. The highest BCUT2D eigenvalue weighted by Gasteiger charge is 2.21. The van der Waals surface area contributed by atoms with Crippen LogP contribution in [-0.4, -0.2) is 31.9 Å². The Labute approximate surface area is 128 Å². The maximum atomic E-state index is 12.0. The number of aromatic nitrogens is 1. The molecule has 1 amide bonds. The van der Waals surface area contributed by atoms with Crippen LogP contribution in [0.3, 0.4) is 0 Å². The van der Waals surface area contributed by atoms with Crippen molar-refractivity contribution >= 4 is 38.9 Å². The van der Waals surface area contributed by atoms with Crippen molar-refractivity contribution in [3.63, 3.8) is 0 Å². The number of rotatable bonds is 7. The van der Waals surface area contributed by atoms with Gasteiger partial charge in [0.2, 0.25) is 5.91 Å². The number of nitrogens with one attached hydrogen (secondary N) is 2. The minimum Gasteiger partial charge on any atom is -0.354 e. The quantitative estimate of drug-likeness (QED) is 0.791. The first-order valence-corrected chi connectivity index (χ1v) is 8.86. The molecule has 0 bridgehead atoms.